The largest absolute Gasteiger partial charge is 0.468 e. The number of carbonyl (C=O) groups excluding carboxylic acids is 2. The fourth-order valence-corrected chi connectivity index (χ4v) is 3.58. The Balaban J connectivity index is 1.97. The van der Waals surface area contributed by atoms with Crippen LogP contribution in [-0.4, -0.2) is 30.3 Å². The number of nitrogens with one attached hydrogen (secondary N) is 1. The maximum absolute atomic E-state index is 12.7. The molecule has 138 valence electrons. The normalized spacial score (nSPS) is 12.9. The quantitative estimate of drug-likeness (QED) is 0.561. The van der Waals surface area contributed by atoms with Crippen LogP contribution in [0.25, 0.3) is 0 Å². The van der Waals surface area contributed by atoms with Crippen molar-refractivity contribution in [2.24, 2.45) is 0 Å². The molecule has 0 fully saturated rings. The minimum atomic E-state index is -0.371. The molecule has 1 N–H and O–H groups in total. The average Bonchev–Trinajstić information content (AvgIpc) is 2.66. The summed E-state index contributed by atoms with van der Waals surface area (Å²) < 4.78 is 4.76. The SMILES string of the molecule is COC(=O)C(C)Sc1ccccc1C(=O)NC(C)CCc1ccccc1. The van der Waals surface area contributed by atoms with Crippen molar-refractivity contribution in [1.29, 1.82) is 0 Å². The van der Waals surface area contributed by atoms with Gasteiger partial charge in [0.1, 0.15) is 5.25 Å². The molecule has 26 heavy (non-hydrogen) atoms. The molecule has 0 heterocycles. The van der Waals surface area contributed by atoms with Crippen LogP contribution in [0, 0.1) is 0 Å². The molecule has 2 aromatic rings. The minimum Gasteiger partial charge on any atom is -0.468 e. The summed E-state index contributed by atoms with van der Waals surface area (Å²) in [6, 6.07) is 17.6. The van der Waals surface area contributed by atoms with Gasteiger partial charge in [0.2, 0.25) is 0 Å². The van der Waals surface area contributed by atoms with Crippen molar-refractivity contribution in [1.82, 2.24) is 5.32 Å². The standard InChI is InChI=1S/C21H25NO3S/c1-15(13-14-17-9-5-4-6-10-17)22-20(23)18-11-7-8-12-19(18)26-16(2)21(24)25-3/h4-12,15-16H,13-14H2,1-3H3,(H,22,23). The van der Waals surface area contributed by atoms with Crippen LogP contribution in [0.2, 0.25) is 0 Å². The maximum atomic E-state index is 12.7. The fourth-order valence-electron chi connectivity index (χ4n) is 2.56. The van der Waals surface area contributed by atoms with Gasteiger partial charge in [-0.25, -0.2) is 0 Å². The van der Waals surface area contributed by atoms with Crippen LogP contribution < -0.4 is 5.32 Å². The minimum absolute atomic E-state index is 0.0544. The molecule has 0 saturated carbocycles. The number of aryl methyl sites for hydroxylation is 1. The van der Waals surface area contributed by atoms with Crippen LogP contribution in [0.4, 0.5) is 0 Å². The topological polar surface area (TPSA) is 55.4 Å². The number of amides is 1. The molecular weight excluding hydrogens is 346 g/mol. The maximum Gasteiger partial charge on any atom is 0.318 e. The molecule has 4 nitrogen and oxygen atoms in total. The average molecular weight is 372 g/mol. The van der Waals surface area contributed by atoms with Gasteiger partial charge in [-0.2, -0.15) is 0 Å². The van der Waals surface area contributed by atoms with Crippen LogP contribution in [0.5, 0.6) is 0 Å². The van der Waals surface area contributed by atoms with E-state index < -0.39 is 0 Å². The molecule has 5 heteroatoms. The molecule has 0 bridgehead atoms. The van der Waals surface area contributed by atoms with Crippen LogP contribution >= 0.6 is 11.8 Å². The zero-order chi connectivity index (χ0) is 18.9. The predicted molar refractivity (Wildman–Crippen MR) is 105 cm³/mol. The molecule has 0 aromatic heterocycles. The Labute approximate surface area is 159 Å². The highest BCUT2D eigenvalue weighted by Crippen LogP contribution is 2.27. The van der Waals surface area contributed by atoms with E-state index in [9.17, 15) is 9.59 Å². The van der Waals surface area contributed by atoms with Gasteiger partial charge in [-0.05, 0) is 44.4 Å². The summed E-state index contributed by atoms with van der Waals surface area (Å²) >= 11 is 1.33. The highest BCUT2D eigenvalue weighted by molar-refractivity contribution is 8.00. The van der Waals surface area contributed by atoms with Crippen LogP contribution in [0.3, 0.4) is 0 Å². The molecule has 2 unspecified atom stereocenters. The van der Waals surface area contributed by atoms with Crippen molar-refractivity contribution in [2.45, 2.75) is 42.9 Å². The van der Waals surface area contributed by atoms with Crippen LogP contribution in [-0.2, 0) is 16.0 Å². The van der Waals surface area contributed by atoms with Gasteiger partial charge < -0.3 is 10.1 Å². The molecule has 1 amide bonds. The second kappa shape index (κ2) is 10.0. The zero-order valence-electron chi connectivity index (χ0n) is 15.4. The molecule has 0 aliphatic heterocycles. The number of carbonyl (C=O) groups is 2. The number of benzene rings is 2. The Morgan fingerprint density at radius 1 is 1.04 bits per heavy atom. The summed E-state index contributed by atoms with van der Waals surface area (Å²) in [4.78, 5) is 25.1. The molecule has 2 aromatic carbocycles. The van der Waals surface area contributed by atoms with E-state index in [0.29, 0.717) is 5.56 Å². The first-order valence-electron chi connectivity index (χ1n) is 8.69. The van der Waals surface area contributed by atoms with E-state index in [1.807, 2.05) is 43.3 Å². The number of methoxy groups -OCH3 is 1. The van der Waals surface area contributed by atoms with Gasteiger partial charge >= 0.3 is 5.97 Å². The Bertz CT molecular complexity index is 733. The fraction of sp³-hybridized carbons (Fsp3) is 0.333. The summed E-state index contributed by atoms with van der Waals surface area (Å²) in [5.74, 6) is -0.424. The lowest BCUT2D eigenvalue weighted by Gasteiger charge is -2.16. The Morgan fingerprint density at radius 3 is 2.38 bits per heavy atom. The molecule has 2 atom stereocenters. The Morgan fingerprint density at radius 2 is 1.69 bits per heavy atom. The first-order chi connectivity index (χ1) is 12.5. The molecule has 0 aliphatic carbocycles. The van der Waals surface area contributed by atoms with Crippen molar-refractivity contribution >= 4 is 23.6 Å². The highest BCUT2D eigenvalue weighted by Gasteiger charge is 2.19. The smallest absolute Gasteiger partial charge is 0.318 e. The molecule has 0 spiro atoms. The molecule has 2 rings (SSSR count). The van der Waals surface area contributed by atoms with E-state index in [2.05, 4.69) is 17.4 Å². The summed E-state index contributed by atoms with van der Waals surface area (Å²) in [6.45, 7) is 3.78. The zero-order valence-corrected chi connectivity index (χ0v) is 16.2. The van der Waals surface area contributed by atoms with Gasteiger partial charge in [0.25, 0.3) is 5.91 Å². The highest BCUT2D eigenvalue weighted by atomic mass is 32.2. The summed E-state index contributed by atoms with van der Waals surface area (Å²) in [6.07, 6.45) is 1.78. The van der Waals surface area contributed by atoms with Crippen molar-refractivity contribution in [3.8, 4) is 0 Å². The first kappa shape index (κ1) is 20.0. The molecule has 0 radical (unpaired) electrons. The summed E-state index contributed by atoms with van der Waals surface area (Å²) in [7, 11) is 1.37. The van der Waals surface area contributed by atoms with E-state index >= 15 is 0 Å². The van der Waals surface area contributed by atoms with Gasteiger partial charge in [0, 0.05) is 10.9 Å². The molecule has 0 aliphatic rings. The number of thioether (sulfide) groups is 1. The van der Waals surface area contributed by atoms with E-state index in [0.717, 1.165) is 17.7 Å². The number of ether oxygens (including phenoxy) is 1. The van der Waals surface area contributed by atoms with E-state index in [4.69, 9.17) is 4.74 Å². The van der Waals surface area contributed by atoms with E-state index in [-0.39, 0.29) is 23.2 Å². The van der Waals surface area contributed by atoms with Crippen LogP contribution in [0.1, 0.15) is 36.2 Å². The number of hydrogen-bond donors (Lipinski definition) is 1. The number of rotatable bonds is 8. The van der Waals surface area contributed by atoms with E-state index in [1.54, 1.807) is 13.0 Å². The third kappa shape index (κ3) is 5.92. The van der Waals surface area contributed by atoms with Crippen molar-refractivity contribution in [3.63, 3.8) is 0 Å². The predicted octanol–water partition coefficient (Wildman–Crippen LogP) is 4.09. The van der Waals surface area contributed by atoms with E-state index in [1.165, 1.54) is 24.4 Å². The van der Waals surface area contributed by atoms with Crippen molar-refractivity contribution in [2.75, 3.05) is 7.11 Å². The molecular formula is C21H25NO3S. The summed E-state index contributed by atoms with van der Waals surface area (Å²) in [5.41, 5.74) is 1.84. The summed E-state index contributed by atoms with van der Waals surface area (Å²) in [5, 5.41) is 2.68. The second-order valence-corrected chi connectivity index (χ2v) is 7.56. The van der Waals surface area contributed by atoms with Gasteiger partial charge in [-0.3, -0.25) is 9.59 Å². The first-order valence-corrected chi connectivity index (χ1v) is 9.57. The van der Waals surface area contributed by atoms with Crippen molar-refractivity contribution in [3.05, 3.63) is 65.7 Å². The monoisotopic (exact) mass is 371 g/mol. The lowest BCUT2D eigenvalue weighted by molar-refractivity contribution is -0.139. The van der Waals surface area contributed by atoms with Crippen LogP contribution in [0.15, 0.2) is 59.5 Å². The van der Waals surface area contributed by atoms with Gasteiger partial charge in [-0.1, -0.05) is 42.5 Å². The number of esters is 1. The lowest BCUT2D eigenvalue weighted by atomic mass is 10.1. The molecule has 0 saturated heterocycles. The van der Waals surface area contributed by atoms with Gasteiger partial charge in [0.05, 0.1) is 12.7 Å². The third-order valence-corrected chi connectivity index (χ3v) is 5.21. The van der Waals surface area contributed by atoms with Gasteiger partial charge in [-0.15, -0.1) is 11.8 Å². The number of hydrogen-bond acceptors (Lipinski definition) is 4. The third-order valence-electron chi connectivity index (χ3n) is 4.05. The Kier molecular flexibility index (Phi) is 7.73. The lowest BCUT2D eigenvalue weighted by Crippen LogP contribution is -2.33. The Hall–Kier alpha value is -2.27. The van der Waals surface area contributed by atoms with Crippen molar-refractivity contribution < 1.29 is 14.3 Å². The van der Waals surface area contributed by atoms with Gasteiger partial charge in [0.15, 0.2) is 0 Å². The second-order valence-electron chi connectivity index (χ2n) is 6.18.